The van der Waals surface area contributed by atoms with Gasteiger partial charge in [-0.25, -0.2) is 9.78 Å². The molecule has 1 fully saturated rings. The molecular formula is C22H20N4O3. The van der Waals surface area contributed by atoms with Crippen LogP contribution in [0.2, 0.25) is 0 Å². The molecule has 1 aromatic carbocycles. The number of aryl methyl sites for hydroxylation is 1. The Kier molecular flexibility index (Phi) is 5.00. The van der Waals surface area contributed by atoms with Crippen molar-refractivity contribution >= 4 is 16.9 Å². The van der Waals surface area contributed by atoms with E-state index in [-0.39, 0.29) is 29.1 Å². The van der Waals surface area contributed by atoms with Gasteiger partial charge in [-0.2, -0.15) is 0 Å². The largest absolute Gasteiger partial charge is 0.341 e. The van der Waals surface area contributed by atoms with Crippen LogP contribution in [0.15, 0.2) is 46.0 Å². The molecule has 0 bridgehead atoms. The van der Waals surface area contributed by atoms with Crippen molar-refractivity contribution in [2.45, 2.75) is 32.2 Å². The number of pyridine rings is 1. The lowest BCUT2D eigenvalue weighted by atomic mass is 10.1. The molecule has 1 amide bonds. The molecule has 7 nitrogen and oxygen atoms in total. The Morgan fingerprint density at radius 3 is 2.72 bits per heavy atom. The molecule has 0 unspecified atom stereocenters. The van der Waals surface area contributed by atoms with Crippen molar-refractivity contribution in [2.75, 3.05) is 6.54 Å². The summed E-state index contributed by atoms with van der Waals surface area (Å²) in [5.74, 6) is 5.74. The third kappa shape index (κ3) is 3.83. The number of rotatable bonds is 4. The average Bonchev–Trinajstić information content (AvgIpc) is 3.56. The van der Waals surface area contributed by atoms with Gasteiger partial charge in [0, 0.05) is 23.7 Å². The van der Waals surface area contributed by atoms with Crippen LogP contribution in [-0.4, -0.2) is 27.0 Å². The molecule has 3 aromatic rings. The van der Waals surface area contributed by atoms with E-state index in [4.69, 9.17) is 0 Å². The Labute approximate surface area is 166 Å². The minimum atomic E-state index is -0.606. The van der Waals surface area contributed by atoms with Gasteiger partial charge in [0.05, 0.1) is 17.5 Å². The van der Waals surface area contributed by atoms with E-state index in [2.05, 4.69) is 27.1 Å². The van der Waals surface area contributed by atoms with E-state index in [0.29, 0.717) is 6.54 Å². The zero-order valence-electron chi connectivity index (χ0n) is 16.0. The third-order valence-electron chi connectivity index (χ3n) is 4.87. The van der Waals surface area contributed by atoms with Gasteiger partial charge in [-0.15, -0.1) is 0 Å². The smallest absolute Gasteiger partial charge is 0.329 e. The SMILES string of the molecule is CCn1c(=O)[nH]c(=O)c2c(C(=O)NCC#Cc3ccccc3)cc(C3CC3)nc21. The van der Waals surface area contributed by atoms with Crippen LogP contribution in [0.1, 0.15) is 47.3 Å². The zero-order chi connectivity index (χ0) is 20.4. The molecule has 0 radical (unpaired) electrons. The number of benzene rings is 1. The zero-order valence-corrected chi connectivity index (χ0v) is 16.0. The molecule has 29 heavy (non-hydrogen) atoms. The number of fused-ring (bicyclic) bond motifs is 1. The van der Waals surface area contributed by atoms with Crippen molar-refractivity contribution in [3.8, 4) is 11.8 Å². The number of aromatic amines is 1. The summed E-state index contributed by atoms with van der Waals surface area (Å²) in [6.45, 7) is 2.28. The highest BCUT2D eigenvalue weighted by molar-refractivity contribution is 6.05. The number of nitrogens with one attached hydrogen (secondary N) is 2. The van der Waals surface area contributed by atoms with Gasteiger partial charge in [-0.1, -0.05) is 30.0 Å². The fourth-order valence-electron chi connectivity index (χ4n) is 3.24. The first-order valence-corrected chi connectivity index (χ1v) is 9.58. The van der Waals surface area contributed by atoms with Crippen LogP contribution in [0.5, 0.6) is 0 Å². The first kappa shape index (κ1) is 18.7. The predicted octanol–water partition coefficient (Wildman–Crippen LogP) is 1.76. The van der Waals surface area contributed by atoms with Crippen molar-refractivity contribution in [1.82, 2.24) is 19.9 Å². The summed E-state index contributed by atoms with van der Waals surface area (Å²) < 4.78 is 1.38. The molecule has 0 aliphatic heterocycles. The van der Waals surface area contributed by atoms with Crippen molar-refractivity contribution in [2.24, 2.45) is 0 Å². The molecular weight excluding hydrogens is 368 g/mol. The van der Waals surface area contributed by atoms with Crippen LogP contribution < -0.4 is 16.6 Å². The molecule has 1 aliphatic carbocycles. The van der Waals surface area contributed by atoms with Gasteiger partial charge in [0.25, 0.3) is 11.5 Å². The maximum atomic E-state index is 12.9. The second-order valence-electron chi connectivity index (χ2n) is 6.92. The summed E-state index contributed by atoms with van der Waals surface area (Å²) in [5.41, 5.74) is 0.949. The Balaban J connectivity index is 1.70. The average molecular weight is 388 g/mol. The number of hydrogen-bond acceptors (Lipinski definition) is 4. The van der Waals surface area contributed by atoms with Gasteiger partial charge in [0.1, 0.15) is 0 Å². The Bertz CT molecular complexity index is 1260. The van der Waals surface area contributed by atoms with Crippen molar-refractivity contribution in [1.29, 1.82) is 0 Å². The van der Waals surface area contributed by atoms with Crippen LogP contribution in [0, 0.1) is 11.8 Å². The lowest BCUT2D eigenvalue weighted by Gasteiger charge is -2.11. The predicted molar refractivity (Wildman–Crippen MR) is 110 cm³/mol. The Morgan fingerprint density at radius 2 is 2.03 bits per heavy atom. The molecule has 2 N–H and O–H groups in total. The minimum Gasteiger partial charge on any atom is -0.341 e. The first-order chi connectivity index (χ1) is 14.1. The van der Waals surface area contributed by atoms with Gasteiger partial charge in [0.15, 0.2) is 5.65 Å². The highest BCUT2D eigenvalue weighted by Crippen LogP contribution is 2.39. The van der Waals surface area contributed by atoms with E-state index in [1.54, 1.807) is 13.0 Å². The second-order valence-corrected chi connectivity index (χ2v) is 6.92. The van der Waals surface area contributed by atoms with E-state index in [1.807, 2.05) is 30.3 Å². The number of carbonyl (C=O) groups excluding carboxylic acids is 1. The van der Waals surface area contributed by atoms with E-state index >= 15 is 0 Å². The van der Waals surface area contributed by atoms with E-state index in [0.717, 1.165) is 24.1 Å². The molecule has 1 saturated carbocycles. The van der Waals surface area contributed by atoms with Gasteiger partial charge >= 0.3 is 5.69 Å². The topological polar surface area (TPSA) is 96.9 Å². The van der Waals surface area contributed by atoms with Crippen LogP contribution in [0.25, 0.3) is 11.0 Å². The number of hydrogen-bond donors (Lipinski definition) is 2. The van der Waals surface area contributed by atoms with Crippen molar-refractivity contribution < 1.29 is 4.79 Å². The fourth-order valence-corrected chi connectivity index (χ4v) is 3.24. The lowest BCUT2D eigenvalue weighted by Crippen LogP contribution is -2.33. The summed E-state index contributed by atoms with van der Waals surface area (Å²) in [6.07, 6.45) is 1.98. The highest BCUT2D eigenvalue weighted by Gasteiger charge is 2.28. The summed E-state index contributed by atoms with van der Waals surface area (Å²) in [7, 11) is 0. The molecule has 2 heterocycles. The summed E-state index contributed by atoms with van der Waals surface area (Å²) in [5, 5.41) is 2.88. The van der Waals surface area contributed by atoms with Gasteiger partial charge in [0.2, 0.25) is 0 Å². The Hall–Kier alpha value is -3.66. The van der Waals surface area contributed by atoms with E-state index < -0.39 is 17.2 Å². The summed E-state index contributed by atoms with van der Waals surface area (Å²) >= 11 is 0. The van der Waals surface area contributed by atoms with Crippen LogP contribution >= 0.6 is 0 Å². The molecule has 7 heteroatoms. The second kappa shape index (κ2) is 7.76. The lowest BCUT2D eigenvalue weighted by molar-refractivity contribution is 0.0960. The number of H-pyrrole nitrogens is 1. The summed E-state index contributed by atoms with van der Waals surface area (Å²) in [6, 6.07) is 11.1. The minimum absolute atomic E-state index is 0.129. The Morgan fingerprint density at radius 1 is 1.28 bits per heavy atom. The monoisotopic (exact) mass is 388 g/mol. The molecule has 0 saturated heterocycles. The van der Waals surface area contributed by atoms with Gasteiger partial charge in [-0.3, -0.25) is 19.1 Å². The standard InChI is InChI=1S/C22H20N4O3/c1-2-26-19-18(21(28)25-22(26)29)16(13-17(24-19)15-10-11-15)20(27)23-12-6-9-14-7-4-3-5-8-14/h3-5,7-8,13,15H,2,10-12H2,1H3,(H,23,27)(H,25,28,29). The van der Waals surface area contributed by atoms with Crippen LogP contribution in [0.3, 0.4) is 0 Å². The highest BCUT2D eigenvalue weighted by atomic mass is 16.2. The first-order valence-electron chi connectivity index (χ1n) is 9.58. The molecule has 2 aromatic heterocycles. The molecule has 0 atom stereocenters. The number of amides is 1. The summed E-state index contributed by atoms with van der Waals surface area (Å²) in [4.78, 5) is 44.3. The normalized spacial score (nSPS) is 13.0. The maximum Gasteiger partial charge on any atom is 0.329 e. The van der Waals surface area contributed by atoms with Crippen molar-refractivity contribution in [3.05, 3.63) is 74.1 Å². The van der Waals surface area contributed by atoms with Gasteiger partial charge < -0.3 is 5.32 Å². The fraction of sp³-hybridized carbons (Fsp3) is 0.273. The molecule has 146 valence electrons. The van der Waals surface area contributed by atoms with Crippen LogP contribution in [-0.2, 0) is 6.54 Å². The number of nitrogens with zero attached hydrogens (tertiary/aromatic N) is 2. The van der Waals surface area contributed by atoms with E-state index in [9.17, 15) is 14.4 Å². The number of carbonyl (C=O) groups is 1. The number of aromatic nitrogens is 3. The maximum absolute atomic E-state index is 12.9. The third-order valence-corrected chi connectivity index (χ3v) is 4.87. The quantitative estimate of drug-likeness (QED) is 0.666. The van der Waals surface area contributed by atoms with Gasteiger partial charge in [-0.05, 0) is 38.0 Å². The molecule has 4 rings (SSSR count). The molecule has 0 spiro atoms. The van der Waals surface area contributed by atoms with Crippen LogP contribution in [0.4, 0.5) is 0 Å². The van der Waals surface area contributed by atoms with E-state index in [1.165, 1.54) is 4.57 Å². The van der Waals surface area contributed by atoms with Crippen molar-refractivity contribution in [3.63, 3.8) is 0 Å². The molecule has 1 aliphatic rings.